The van der Waals surface area contributed by atoms with Crippen molar-refractivity contribution in [3.8, 4) is 0 Å². The number of carbonyl (C=O) groups excluding carboxylic acids is 1. The molecule has 82 valence electrons. The topological polar surface area (TPSA) is 58.7 Å². The zero-order valence-electron chi connectivity index (χ0n) is 8.64. The zero-order valence-corrected chi connectivity index (χ0v) is 8.64. The fourth-order valence-corrected chi connectivity index (χ4v) is 1.38. The highest BCUT2D eigenvalue weighted by atomic mass is 19.1. The standard InChI is InChI=1S/C11H10FN3O/c1-15-9(10(16)14-11(15)13)6-7-2-4-8(12)5-3-7/h2-6H,1H3,(H2,13,14,16)/b9-6-. The van der Waals surface area contributed by atoms with Crippen molar-refractivity contribution in [3.05, 3.63) is 41.3 Å². The zero-order chi connectivity index (χ0) is 11.7. The van der Waals surface area contributed by atoms with E-state index < -0.39 is 0 Å². The van der Waals surface area contributed by atoms with Gasteiger partial charge in [0.15, 0.2) is 0 Å². The molecule has 1 aliphatic rings. The lowest BCUT2D eigenvalue weighted by atomic mass is 10.2. The van der Waals surface area contributed by atoms with Crippen molar-refractivity contribution < 1.29 is 9.18 Å². The second-order valence-corrected chi connectivity index (χ2v) is 3.42. The van der Waals surface area contributed by atoms with Crippen molar-refractivity contribution in [2.75, 3.05) is 7.05 Å². The summed E-state index contributed by atoms with van der Waals surface area (Å²) in [5.74, 6) is -0.535. The van der Waals surface area contributed by atoms with Crippen LogP contribution in [0.15, 0.2) is 35.0 Å². The molecule has 0 unspecified atom stereocenters. The minimum atomic E-state index is -0.385. The third-order valence-electron chi connectivity index (χ3n) is 2.31. The van der Waals surface area contributed by atoms with Crippen LogP contribution in [0.4, 0.5) is 4.39 Å². The molecule has 1 amide bonds. The van der Waals surface area contributed by atoms with E-state index in [9.17, 15) is 9.18 Å². The Morgan fingerprint density at radius 1 is 1.38 bits per heavy atom. The number of guanidine groups is 1. The maximum Gasteiger partial charge on any atom is 0.296 e. The Morgan fingerprint density at radius 2 is 2.00 bits per heavy atom. The normalized spacial score (nSPS) is 18.1. The third-order valence-corrected chi connectivity index (χ3v) is 2.31. The molecule has 0 fully saturated rings. The van der Waals surface area contributed by atoms with Crippen molar-refractivity contribution in [1.29, 1.82) is 0 Å². The Balaban J connectivity index is 2.32. The van der Waals surface area contributed by atoms with E-state index in [0.717, 1.165) is 5.56 Å². The Labute approximate surface area is 91.9 Å². The summed E-state index contributed by atoms with van der Waals surface area (Å²) in [6, 6.07) is 5.82. The summed E-state index contributed by atoms with van der Waals surface area (Å²) in [5.41, 5.74) is 6.59. The molecule has 0 radical (unpaired) electrons. The van der Waals surface area contributed by atoms with E-state index in [2.05, 4.69) is 4.99 Å². The number of halogens is 1. The molecule has 0 bridgehead atoms. The van der Waals surface area contributed by atoms with Crippen molar-refractivity contribution in [3.63, 3.8) is 0 Å². The lowest BCUT2D eigenvalue weighted by molar-refractivity contribution is -0.114. The predicted octanol–water partition coefficient (Wildman–Crippen LogP) is 0.953. The van der Waals surface area contributed by atoms with Gasteiger partial charge in [0.05, 0.1) is 0 Å². The van der Waals surface area contributed by atoms with Gasteiger partial charge in [0.1, 0.15) is 11.5 Å². The number of nitrogens with zero attached hydrogens (tertiary/aromatic N) is 2. The van der Waals surface area contributed by atoms with Crippen LogP contribution in [0.3, 0.4) is 0 Å². The molecule has 16 heavy (non-hydrogen) atoms. The van der Waals surface area contributed by atoms with Crippen LogP contribution in [-0.2, 0) is 4.79 Å². The van der Waals surface area contributed by atoms with Gasteiger partial charge >= 0.3 is 0 Å². The Hall–Kier alpha value is -2.17. The van der Waals surface area contributed by atoms with Gasteiger partial charge in [0, 0.05) is 7.05 Å². The van der Waals surface area contributed by atoms with Crippen LogP contribution in [-0.4, -0.2) is 23.8 Å². The van der Waals surface area contributed by atoms with Crippen molar-refractivity contribution in [2.24, 2.45) is 10.7 Å². The van der Waals surface area contributed by atoms with Gasteiger partial charge in [-0.15, -0.1) is 0 Å². The molecule has 2 N–H and O–H groups in total. The number of nitrogens with two attached hydrogens (primary N) is 1. The van der Waals surface area contributed by atoms with E-state index in [1.54, 1.807) is 25.3 Å². The highest BCUT2D eigenvalue weighted by molar-refractivity contribution is 6.11. The van der Waals surface area contributed by atoms with Gasteiger partial charge in [0.25, 0.3) is 5.91 Å². The summed E-state index contributed by atoms with van der Waals surface area (Å²) < 4.78 is 12.7. The first kappa shape index (κ1) is 10.4. The summed E-state index contributed by atoms with van der Waals surface area (Å²) in [7, 11) is 1.65. The Kier molecular flexibility index (Phi) is 2.44. The second-order valence-electron chi connectivity index (χ2n) is 3.42. The number of aliphatic imine (C=N–C) groups is 1. The van der Waals surface area contributed by atoms with Gasteiger partial charge in [-0.05, 0) is 23.8 Å². The number of rotatable bonds is 1. The monoisotopic (exact) mass is 219 g/mol. The molecular formula is C11H10FN3O. The third kappa shape index (κ3) is 1.79. The Morgan fingerprint density at radius 3 is 2.50 bits per heavy atom. The fraction of sp³-hybridized carbons (Fsp3) is 0.0909. The fourth-order valence-electron chi connectivity index (χ4n) is 1.38. The number of hydrogen-bond acceptors (Lipinski definition) is 3. The van der Waals surface area contributed by atoms with Crippen LogP contribution in [0.2, 0.25) is 0 Å². The summed E-state index contributed by atoms with van der Waals surface area (Å²) in [5, 5.41) is 0. The summed E-state index contributed by atoms with van der Waals surface area (Å²) in [4.78, 5) is 16.5. The number of amides is 1. The molecule has 1 heterocycles. The number of hydrogen-bond donors (Lipinski definition) is 1. The summed E-state index contributed by atoms with van der Waals surface area (Å²) >= 11 is 0. The molecule has 5 heteroatoms. The maximum atomic E-state index is 12.7. The van der Waals surface area contributed by atoms with Crippen LogP contribution < -0.4 is 5.73 Å². The van der Waals surface area contributed by atoms with Crippen molar-refractivity contribution >= 4 is 17.9 Å². The van der Waals surface area contributed by atoms with Crippen LogP contribution in [0.1, 0.15) is 5.56 Å². The van der Waals surface area contributed by atoms with Crippen molar-refractivity contribution in [1.82, 2.24) is 4.90 Å². The van der Waals surface area contributed by atoms with Gasteiger partial charge in [-0.2, -0.15) is 4.99 Å². The molecule has 0 aromatic heterocycles. The minimum Gasteiger partial charge on any atom is -0.369 e. The molecule has 1 aromatic rings. The lowest BCUT2D eigenvalue weighted by Gasteiger charge is -2.10. The van der Waals surface area contributed by atoms with E-state index in [1.807, 2.05) is 0 Å². The first-order valence-corrected chi connectivity index (χ1v) is 4.67. The van der Waals surface area contributed by atoms with E-state index in [4.69, 9.17) is 5.73 Å². The van der Waals surface area contributed by atoms with E-state index in [-0.39, 0.29) is 17.7 Å². The molecule has 4 nitrogen and oxygen atoms in total. The van der Waals surface area contributed by atoms with Gasteiger partial charge in [-0.25, -0.2) is 4.39 Å². The average Bonchev–Trinajstić information content (AvgIpc) is 2.48. The lowest BCUT2D eigenvalue weighted by Crippen LogP contribution is -2.28. The molecule has 1 aliphatic heterocycles. The van der Waals surface area contributed by atoms with Gasteiger partial charge < -0.3 is 10.6 Å². The van der Waals surface area contributed by atoms with Crippen LogP contribution in [0, 0.1) is 5.82 Å². The molecular weight excluding hydrogens is 209 g/mol. The minimum absolute atomic E-state index is 0.165. The highest BCUT2D eigenvalue weighted by Crippen LogP contribution is 2.16. The molecule has 1 aromatic carbocycles. The summed E-state index contributed by atoms with van der Waals surface area (Å²) in [6.45, 7) is 0. The molecule has 2 rings (SSSR count). The smallest absolute Gasteiger partial charge is 0.296 e. The maximum absolute atomic E-state index is 12.7. The van der Waals surface area contributed by atoms with E-state index in [0.29, 0.717) is 5.70 Å². The van der Waals surface area contributed by atoms with Gasteiger partial charge in [0.2, 0.25) is 5.96 Å². The molecule has 0 saturated heterocycles. The predicted molar refractivity (Wildman–Crippen MR) is 58.8 cm³/mol. The first-order valence-electron chi connectivity index (χ1n) is 4.67. The molecule has 0 saturated carbocycles. The number of likely N-dealkylation sites (N-methyl/N-ethyl adjacent to an activating group) is 1. The van der Waals surface area contributed by atoms with Crippen molar-refractivity contribution in [2.45, 2.75) is 0 Å². The molecule has 0 aliphatic carbocycles. The highest BCUT2D eigenvalue weighted by Gasteiger charge is 2.23. The number of carbonyl (C=O) groups is 1. The van der Waals surface area contributed by atoms with Gasteiger partial charge in [-0.1, -0.05) is 12.1 Å². The van der Waals surface area contributed by atoms with E-state index in [1.165, 1.54) is 17.0 Å². The SMILES string of the molecule is CN1C(N)=NC(=O)/C1=C/c1ccc(F)cc1. The molecule has 0 atom stereocenters. The molecule has 0 spiro atoms. The average molecular weight is 219 g/mol. The van der Waals surface area contributed by atoms with Crippen LogP contribution in [0.5, 0.6) is 0 Å². The van der Waals surface area contributed by atoms with Crippen LogP contribution in [0.25, 0.3) is 6.08 Å². The largest absolute Gasteiger partial charge is 0.369 e. The Bertz CT molecular complexity index is 490. The van der Waals surface area contributed by atoms with Crippen LogP contribution >= 0.6 is 0 Å². The quantitative estimate of drug-likeness (QED) is 0.715. The number of benzene rings is 1. The second kappa shape index (κ2) is 3.77. The van der Waals surface area contributed by atoms with Gasteiger partial charge in [-0.3, -0.25) is 4.79 Å². The first-order chi connectivity index (χ1) is 7.58. The summed E-state index contributed by atoms with van der Waals surface area (Å²) in [6.07, 6.45) is 1.62. The van der Waals surface area contributed by atoms with E-state index >= 15 is 0 Å².